The summed E-state index contributed by atoms with van der Waals surface area (Å²) in [6.07, 6.45) is 1.84. The third kappa shape index (κ3) is 1.91. The van der Waals surface area contributed by atoms with E-state index in [4.69, 9.17) is 0 Å². The van der Waals surface area contributed by atoms with Gasteiger partial charge in [-0.05, 0) is 23.4 Å². The van der Waals surface area contributed by atoms with Gasteiger partial charge in [-0.2, -0.15) is 0 Å². The Morgan fingerprint density at radius 2 is 1.94 bits per heavy atom. The molecule has 0 unspecified atom stereocenters. The van der Waals surface area contributed by atoms with Gasteiger partial charge >= 0.3 is 0 Å². The molecule has 16 heavy (non-hydrogen) atoms. The van der Waals surface area contributed by atoms with Gasteiger partial charge in [0.2, 0.25) is 5.43 Å². The second-order valence-corrected chi connectivity index (χ2v) is 3.91. The molecule has 2 aromatic carbocycles. The second kappa shape index (κ2) is 4.35. The van der Waals surface area contributed by atoms with Gasteiger partial charge in [0, 0.05) is 5.39 Å². The Hall–Kier alpha value is -1.83. The van der Waals surface area contributed by atoms with Crippen LogP contribution < -0.4 is 5.43 Å². The van der Waals surface area contributed by atoms with Crippen LogP contribution in [0.25, 0.3) is 10.8 Å². The summed E-state index contributed by atoms with van der Waals surface area (Å²) in [7, 11) is 0. The summed E-state index contributed by atoms with van der Waals surface area (Å²) in [5.41, 5.74) is 0.675. The Bertz CT molecular complexity index is 573. The van der Waals surface area contributed by atoms with Gasteiger partial charge < -0.3 is 5.11 Å². The maximum absolute atomic E-state index is 11.7. The first-order chi connectivity index (χ1) is 7.72. The fraction of sp³-hybridized carbons (Fsp3) is 0.214. The van der Waals surface area contributed by atoms with Crippen LogP contribution in [0.3, 0.4) is 0 Å². The predicted octanol–water partition coefficient (Wildman–Crippen LogP) is 2.86. The van der Waals surface area contributed by atoms with E-state index in [-0.39, 0.29) is 11.2 Å². The molecule has 0 radical (unpaired) electrons. The second-order valence-electron chi connectivity index (χ2n) is 3.91. The van der Waals surface area contributed by atoms with E-state index in [1.807, 2.05) is 24.3 Å². The molecular weight excluding hydrogens is 200 g/mol. The molecule has 0 amide bonds. The van der Waals surface area contributed by atoms with Gasteiger partial charge in [-0.1, -0.05) is 43.7 Å². The van der Waals surface area contributed by atoms with Gasteiger partial charge in [-0.3, -0.25) is 4.79 Å². The lowest BCUT2D eigenvalue weighted by molar-refractivity contribution is 0.477. The van der Waals surface area contributed by atoms with Crippen LogP contribution in [0.4, 0.5) is 0 Å². The first kappa shape index (κ1) is 10.7. The molecule has 0 aliphatic heterocycles. The standard InChI is InChI=1S/C14H14O2/c1-2-5-10-8-11-6-3-4-7-12(11)14(16)13(15)9-10/h3-4,6-9H,2,5H2,1H3,(H,15,16). The number of benzene rings is 1. The van der Waals surface area contributed by atoms with E-state index in [9.17, 15) is 9.90 Å². The van der Waals surface area contributed by atoms with E-state index < -0.39 is 0 Å². The highest BCUT2D eigenvalue weighted by Gasteiger charge is 2.03. The maximum Gasteiger partial charge on any atom is 0.221 e. The van der Waals surface area contributed by atoms with E-state index in [0.717, 1.165) is 23.8 Å². The summed E-state index contributed by atoms with van der Waals surface area (Å²) in [5.74, 6) is -0.155. The van der Waals surface area contributed by atoms with Crippen LogP contribution in [0.1, 0.15) is 18.9 Å². The minimum Gasteiger partial charge on any atom is -0.504 e. The van der Waals surface area contributed by atoms with Gasteiger partial charge in [0.1, 0.15) is 0 Å². The summed E-state index contributed by atoms with van der Waals surface area (Å²) in [6, 6.07) is 10.9. The summed E-state index contributed by atoms with van der Waals surface area (Å²) in [5, 5.41) is 11.3. The molecule has 0 fully saturated rings. The molecule has 0 aliphatic carbocycles. The van der Waals surface area contributed by atoms with E-state index in [0.29, 0.717) is 5.39 Å². The molecule has 0 heterocycles. The molecule has 0 atom stereocenters. The van der Waals surface area contributed by atoms with Crippen molar-refractivity contribution in [2.45, 2.75) is 19.8 Å². The van der Waals surface area contributed by atoms with Crippen molar-refractivity contribution in [2.75, 3.05) is 0 Å². The van der Waals surface area contributed by atoms with Crippen LogP contribution in [0.2, 0.25) is 0 Å². The number of fused-ring (bicyclic) bond motifs is 1. The Morgan fingerprint density at radius 1 is 1.19 bits per heavy atom. The van der Waals surface area contributed by atoms with Gasteiger partial charge in [-0.25, -0.2) is 0 Å². The average molecular weight is 214 g/mol. The molecule has 0 saturated carbocycles. The van der Waals surface area contributed by atoms with Crippen molar-refractivity contribution in [2.24, 2.45) is 0 Å². The Morgan fingerprint density at radius 3 is 2.69 bits per heavy atom. The molecule has 82 valence electrons. The maximum atomic E-state index is 11.7. The molecule has 2 aromatic rings. The lowest BCUT2D eigenvalue weighted by atomic mass is 10.1. The average Bonchev–Trinajstić information content (AvgIpc) is 2.39. The molecule has 0 bridgehead atoms. The zero-order chi connectivity index (χ0) is 11.5. The lowest BCUT2D eigenvalue weighted by Gasteiger charge is -1.94. The normalized spacial score (nSPS) is 10.6. The molecule has 1 N–H and O–H groups in total. The molecule has 0 saturated heterocycles. The van der Waals surface area contributed by atoms with Crippen LogP contribution in [0.15, 0.2) is 41.2 Å². The van der Waals surface area contributed by atoms with Gasteiger partial charge in [0.05, 0.1) is 0 Å². The minimum atomic E-state index is -0.301. The smallest absolute Gasteiger partial charge is 0.221 e. The SMILES string of the molecule is CCCc1cc(=O)c(O)c2ccccc2c1. The fourth-order valence-corrected chi connectivity index (χ4v) is 1.88. The summed E-state index contributed by atoms with van der Waals surface area (Å²) < 4.78 is 0. The quantitative estimate of drug-likeness (QED) is 0.834. The largest absolute Gasteiger partial charge is 0.504 e. The van der Waals surface area contributed by atoms with Crippen LogP contribution in [0, 0.1) is 0 Å². The Labute approximate surface area is 94.2 Å². The monoisotopic (exact) mass is 214 g/mol. The number of aryl methyl sites for hydroxylation is 1. The molecule has 2 nitrogen and oxygen atoms in total. The van der Waals surface area contributed by atoms with E-state index in [2.05, 4.69) is 6.92 Å². The molecule has 0 aliphatic rings. The third-order valence-corrected chi connectivity index (χ3v) is 2.65. The van der Waals surface area contributed by atoms with Crippen molar-refractivity contribution in [3.63, 3.8) is 0 Å². The van der Waals surface area contributed by atoms with E-state index in [1.165, 1.54) is 6.07 Å². The Kier molecular flexibility index (Phi) is 2.91. The summed E-state index contributed by atoms with van der Waals surface area (Å²) in [4.78, 5) is 11.7. The van der Waals surface area contributed by atoms with Crippen LogP contribution in [-0.4, -0.2) is 5.11 Å². The molecule has 2 rings (SSSR count). The first-order valence-electron chi connectivity index (χ1n) is 5.47. The first-order valence-corrected chi connectivity index (χ1v) is 5.47. The zero-order valence-corrected chi connectivity index (χ0v) is 9.23. The van der Waals surface area contributed by atoms with Gasteiger partial charge in [-0.15, -0.1) is 0 Å². The highest BCUT2D eigenvalue weighted by molar-refractivity contribution is 5.87. The van der Waals surface area contributed by atoms with Gasteiger partial charge in [0.25, 0.3) is 0 Å². The topological polar surface area (TPSA) is 37.3 Å². The summed E-state index contributed by atoms with van der Waals surface area (Å²) >= 11 is 0. The van der Waals surface area contributed by atoms with Crippen molar-refractivity contribution < 1.29 is 5.11 Å². The number of hydrogen-bond donors (Lipinski definition) is 1. The van der Waals surface area contributed by atoms with Crippen molar-refractivity contribution in [3.8, 4) is 5.75 Å². The Balaban J connectivity index is 2.83. The van der Waals surface area contributed by atoms with Crippen molar-refractivity contribution in [1.29, 1.82) is 0 Å². The number of rotatable bonds is 2. The molecule has 2 heteroatoms. The van der Waals surface area contributed by atoms with E-state index >= 15 is 0 Å². The van der Waals surface area contributed by atoms with Crippen molar-refractivity contribution >= 4 is 10.8 Å². The van der Waals surface area contributed by atoms with Crippen molar-refractivity contribution in [1.82, 2.24) is 0 Å². The third-order valence-electron chi connectivity index (χ3n) is 2.65. The molecule has 0 spiro atoms. The van der Waals surface area contributed by atoms with Crippen LogP contribution in [0.5, 0.6) is 5.75 Å². The fourth-order valence-electron chi connectivity index (χ4n) is 1.88. The van der Waals surface area contributed by atoms with Crippen molar-refractivity contribution in [3.05, 3.63) is 52.2 Å². The molecular formula is C14H14O2. The lowest BCUT2D eigenvalue weighted by Crippen LogP contribution is -1.95. The highest BCUT2D eigenvalue weighted by Crippen LogP contribution is 2.20. The minimum absolute atomic E-state index is 0.155. The zero-order valence-electron chi connectivity index (χ0n) is 9.23. The van der Waals surface area contributed by atoms with Crippen LogP contribution >= 0.6 is 0 Å². The number of hydrogen-bond acceptors (Lipinski definition) is 2. The predicted molar refractivity (Wildman–Crippen MR) is 65.9 cm³/mol. The highest BCUT2D eigenvalue weighted by atomic mass is 16.3. The van der Waals surface area contributed by atoms with Gasteiger partial charge in [0.15, 0.2) is 5.75 Å². The molecule has 0 aromatic heterocycles. The number of aromatic hydroxyl groups is 1. The van der Waals surface area contributed by atoms with Crippen LogP contribution in [-0.2, 0) is 6.42 Å². The van der Waals surface area contributed by atoms with E-state index in [1.54, 1.807) is 6.07 Å². The summed E-state index contributed by atoms with van der Waals surface area (Å²) in [6.45, 7) is 2.07.